The van der Waals surface area contributed by atoms with E-state index in [4.69, 9.17) is 4.42 Å². The molecule has 2 amide bonds. The Hall–Kier alpha value is -1.82. The third-order valence-corrected chi connectivity index (χ3v) is 5.84. The maximum atomic E-state index is 12.3. The van der Waals surface area contributed by atoms with Gasteiger partial charge in [0.2, 0.25) is 5.91 Å². The normalized spacial score (nSPS) is 24.4. The second kappa shape index (κ2) is 9.21. The molecule has 1 aliphatic carbocycles. The number of rotatable bonds is 6. The minimum absolute atomic E-state index is 0.0105. The van der Waals surface area contributed by atoms with Crippen molar-refractivity contribution < 1.29 is 19.1 Å². The lowest BCUT2D eigenvalue weighted by atomic mass is 9.83. The fourth-order valence-corrected chi connectivity index (χ4v) is 4.16. The van der Waals surface area contributed by atoms with Crippen LogP contribution < -0.4 is 5.32 Å². The highest BCUT2D eigenvalue weighted by Crippen LogP contribution is 2.27. The van der Waals surface area contributed by atoms with Crippen LogP contribution in [0.25, 0.3) is 0 Å². The number of carbonyl (C=O) groups is 2. The molecule has 2 fully saturated rings. The Morgan fingerprint density at radius 3 is 2.65 bits per heavy atom. The molecule has 2 heterocycles. The van der Waals surface area contributed by atoms with E-state index in [0.29, 0.717) is 44.0 Å². The molecule has 1 aromatic rings. The van der Waals surface area contributed by atoms with Crippen molar-refractivity contribution in [1.82, 2.24) is 10.2 Å². The Labute approximate surface area is 154 Å². The number of amides is 2. The van der Waals surface area contributed by atoms with Gasteiger partial charge in [-0.15, -0.1) is 0 Å². The zero-order chi connectivity index (χ0) is 18.4. The van der Waals surface area contributed by atoms with Crippen LogP contribution in [0.4, 0.5) is 0 Å². The molecule has 0 unspecified atom stereocenters. The molecular weight excluding hydrogens is 332 g/mol. The van der Waals surface area contributed by atoms with E-state index in [-0.39, 0.29) is 23.8 Å². The SMILES string of the molecule is O=C(NCCC[C@@H]1CCCC[C@H]1O)C1CCN(C(=O)c2ccoc2)CC1. The van der Waals surface area contributed by atoms with Crippen molar-refractivity contribution in [2.24, 2.45) is 11.8 Å². The monoisotopic (exact) mass is 362 g/mol. The molecule has 0 radical (unpaired) electrons. The summed E-state index contributed by atoms with van der Waals surface area (Å²) in [6.45, 7) is 1.89. The quantitative estimate of drug-likeness (QED) is 0.762. The second-order valence-corrected chi connectivity index (χ2v) is 7.62. The van der Waals surface area contributed by atoms with E-state index in [2.05, 4.69) is 5.32 Å². The molecule has 1 aliphatic heterocycles. The minimum Gasteiger partial charge on any atom is -0.472 e. The van der Waals surface area contributed by atoms with Gasteiger partial charge in [-0.2, -0.15) is 0 Å². The number of hydrogen-bond donors (Lipinski definition) is 2. The predicted octanol–water partition coefficient (Wildman–Crippen LogP) is 2.58. The first-order chi connectivity index (χ1) is 12.6. The van der Waals surface area contributed by atoms with Crippen molar-refractivity contribution in [3.8, 4) is 0 Å². The largest absolute Gasteiger partial charge is 0.472 e. The molecule has 0 aromatic carbocycles. The van der Waals surface area contributed by atoms with Crippen LogP contribution in [0.15, 0.2) is 23.0 Å². The summed E-state index contributed by atoms with van der Waals surface area (Å²) in [6.07, 6.45) is 10.5. The fraction of sp³-hybridized carbons (Fsp3) is 0.700. The summed E-state index contributed by atoms with van der Waals surface area (Å²) in [5.74, 6) is 0.467. The van der Waals surface area contributed by atoms with E-state index in [0.717, 1.165) is 32.1 Å². The van der Waals surface area contributed by atoms with Gasteiger partial charge in [-0.05, 0) is 50.5 Å². The summed E-state index contributed by atoms with van der Waals surface area (Å²) in [5.41, 5.74) is 0.567. The first kappa shape index (κ1) is 19.0. The number of aliphatic hydroxyl groups excluding tert-OH is 1. The van der Waals surface area contributed by atoms with Crippen LogP contribution in [-0.4, -0.2) is 47.6 Å². The van der Waals surface area contributed by atoms with Gasteiger partial charge in [-0.1, -0.05) is 12.8 Å². The van der Waals surface area contributed by atoms with E-state index in [1.807, 2.05) is 0 Å². The zero-order valence-electron chi connectivity index (χ0n) is 15.4. The number of hydrogen-bond acceptors (Lipinski definition) is 4. The van der Waals surface area contributed by atoms with E-state index in [9.17, 15) is 14.7 Å². The Balaban J connectivity index is 1.33. The van der Waals surface area contributed by atoms with Crippen LogP contribution in [0, 0.1) is 11.8 Å². The molecule has 0 bridgehead atoms. The molecule has 6 nitrogen and oxygen atoms in total. The van der Waals surface area contributed by atoms with Crippen LogP contribution in [0.5, 0.6) is 0 Å². The van der Waals surface area contributed by atoms with E-state index in [1.54, 1.807) is 11.0 Å². The van der Waals surface area contributed by atoms with Crippen LogP contribution in [0.2, 0.25) is 0 Å². The third-order valence-electron chi connectivity index (χ3n) is 5.84. The van der Waals surface area contributed by atoms with Gasteiger partial charge in [0.15, 0.2) is 0 Å². The van der Waals surface area contributed by atoms with Gasteiger partial charge in [0, 0.05) is 25.6 Å². The van der Waals surface area contributed by atoms with Crippen LogP contribution in [-0.2, 0) is 4.79 Å². The first-order valence-corrected chi connectivity index (χ1v) is 9.92. The van der Waals surface area contributed by atoms with Crippen molar-refractivity contribution in [1.29, 1.82) is 0 Å². The van der Waals surface area contributed by atoms with E-state index >= 15 is 0 Å². The van der Waals surface area contributed by atoms with Crippen molar-refractivity contribution in [2.75, 3.05) is 19.6 Å². The van der Waals surface area contributed by atoms with Crippen molar-refractivity contribution >= 4 is 11.8 Å². The maximum Gasteiger partial charge on any atom is 0.257 e. The third kappa shape index (κ3) is 4.87. The Bertz CT molecular complexity index is 579. The summed E-state index contributed by atoms with van der Waals surface area (Å²) < 4.78 is 4.96. The lowest BCUT2D eigenvalue weighted by molar-refractivity contribution is -0.126. The van der Waals surface area contributed by atoms with E-state index < -0.39 is 0 Å². The number of piperidine rings is 1. The number of nitrogens with zero attached hydrogens (tertiary/aromatic N) is 1. The van der Waals surface area contributed by atoms with Crippen LogP contribution in [0.1, 0.15) is 61.7 Å². The molecule has 144 valence electrons. The van der Waals surface area contributed by atoms with Gasteiger partial charge in [0.05, 0.1) is 17.9 Å². The second-order valence-electron chi connectivity index (χ2n) is 7.62. The number of likely N-dealkylation sites (tertiary alicyclic amines) is 1. The highest BCUT2D eigenvalue weighted by atomic mass is 16.3. The van der Waals surface area contributed by atoms with Crippen LogP contribution >= 0.6 is 0 Å². The van der Waals surface area contributed by atoms with Gasteiger partial charge in [0.1, 0.15) is 6.26 Å². The Morgan fingerprint density at radius 2 is 1.96 bits per heavy atom. The minimum atomic E-state index is -0.156. The summed E-state index contributed by atoms with van der Waals surface area (Å²) in [6, 6.07) is 1.67. The molecular formula is C20H30N2O4. The maximum absolute atomic E-state index is 12.3. The average Bonchev–Trinajstić information content (AvgIpc) is 3.20. The van der Waals surface area contributed by atoms with Gasteiger partial charge in [-0.3, -0.25) is 9.59 Å². The van der Waals surface area contributed by atoms with Crippen LogP contribution in [0.3, 0.4) is 0 Å². The highest BCUT2D eigenvalue weighted by molar-refractivity contribution is 5.94. The summed E-state index contributed by atoms with van der Waals surface area (Å²) in [7, 11) is 0. The molecule has 1 saturated heterocycles. The number of furan rings is 1. The van der Waals surface area contributed by atoms with Crippen molar-refractivity contribution in [2.45, 2.75) is 57.5 Å². The fourth-order valence-electron chi connectivity index (χ4n) is 4.16. The van der Waals surface area contributed by atoms with Crippen molar-refractivity contribution in [3.63, 3.8) is 0 Å². The smallest absolute Gasteiger partial charge is 0.257 e. The van der Waals surface area contributed by atoms with E-state index in [1.165, 1.54) is 18.9 Å². The van der Waals surface area contributed by atoms with Gasteiger partial charge in [0.25, 0.3) is 5.91 Å². The molecule has 3 rings (SSSR count). The molecule has 6 heteroatoms. The average molecular weight is 362 g/mol. The standard InChI is InChI=1S/C20H30N2O4/c23-18-6-2-1-4-15(18)5-3-10-21-19(24)16-7-11-22(12-8-16)20(25)17-9-13-26-14-17/h9,13-16,18,23H,1-8,10-12H2,(H,21,24)/t15-,18+/m0/s1. The molecule has 0 spiro atoms. The highest BCUT2D eigenvalue weighted by Gasteiger charge is 2.28. The topological polar surface area (TPSA) is 82.8 Å². The number of nitrogens with one attached hydrogen (secondary N) is 1. The Morgan fingerprint density at radius 1 is 1.19 bits per heavy atom. The van der Waals surface area contributed by atoms with Crippen molar-refractivity contribution in [3.05, 3.63) is 24.2 Å². The Kier molecular flexibility index (Phi) is 6.72. The molecule has 2 N–H and O–H groups in total. The summed E-state index contributed by atoms with van der Waals surface area (Å²) in [5, 5.41) is 13.0. The number of aliphatic hydroxyl groups is 1. The van der Waals surface area contributed by atoms with Gasteiger partial charge in [-0.25, -0.2) is 0 Å². The molecule has 26 heavy (non-hydrogen) atoms. The predicted molar refractivity (Wildman–Crippen MR) is 97.5 cm³/mol. The lowest BCUT2D eigenvalue weighted by Crippen LogP contribution is -2.43. The molecule has 1 saturated carbocycles. The number of carbonyl (C=O) groups excluding carboxylic acids is 2. The summed E-state index contributed by atoms with van der Waals surface area (Å²) >= 11 is 0. The van der Waals surface area contributed by atoms with Gasteiger partial charge >= 0.3 is 0 Å². The molecule has 1 aromatic heterocycles. The molecule has 2 aliphatic rings. The first-order valence-electron chi connectivity index (χ1n) is 9.92. The zero-order valence-corrected chi connectivity index (χ0v) is 15.4. The lowest BCUT2D eigenvalue weighted by Gasteiger charge is -2.31. The summed E-state index contributed by atoms with van der Waals surface area (Å²) in [4.78, 5) is 26.4. The van der Waals surface area contributed by atoms with Gasteiger partial charge < -0.3 is 19.7 Å². The molecule has 2 atom stereocenters.